The lowest BCUT2D eigenvalue weighted by Crippen LogP contribution is -2.46. The van der Waals surface area contributed by atoms with Crippen molar-refractivity contribution in [2.45, 2.75) is 45.3 Å². The van der Waals surface area contributed by atoms with E-state index in [1.807, 2.05) is 26.8 Å². The highest BCUT2D eigenvalue weighted by atomic mass is 16.6. The highest BCUT2D eigenvalue weighted by Crippen LogP contribution is 2.21. The summed E-state index contributed by atoms with van der Waals surface area (Å²) in [5.74, 6) is 0.236. The minimum absolute atomic E-state index is 0.174. The van der Waals surface area contributed by atoms with Crippen LogP contribution in [0.5, 0.6) is 5.75 Å². The predicted molar refractivity (Wildman–Crippen MR) is 82.6 cm³/mol. The Balaban J connectivity index is 1.93. The van der Waals surface area contributed by atoms with E-state index in [0.717, 1.165) is 25.1 Å². The number of benzene rings is 1. The van der Waals surface area contributed by atoms with Crippen LogP contribution in [-0.4, -0.2) is 40.8 Å². The Hall–Kier alpha value is -1.91. The van der Waals surface area contributed by atoms with Gasteiger partial charge in [0.2, 0.25) is 0 Å². The normalized spacial score (nSPS) is 19.2. The van der Waals surface area contributed by atoms with Gasteiger partial charge in [0.1, 0.15) is 11.4 Å². The summed E-state index contributed by atoms with van der Waals surface area (Å²) < 4.78 is 5.41. The smallest absolute Gasteiger partial charge is 0.410 e. The molecule has 0 aromatic heterocycles. The standard InChI is InChI=1S/C16H24N2O3/c1-16(2,3)21-15(20)18-9-5-7-13(11-18)17-12-6-4-8-14(19)10-12/h4,6,8,10,13,17,19H,5,7,9,11H2,1-3H3/t13-/m1/s1. The summed E-state index contributed by atoms with van der Waals surface area (Å²) in [6, 6.07) is 7.21. The van der Waals surface area contributed by atoms with E-state index in [-0.39, 0.29) is 17.9 Å². The zero-order valence-electron chi connectivity index (χ0n) is 12.9. The summed E-state index contributed by atoms with van der Waals surface area (Å²) in [5, 5.41) is 12.8. The summed E-state index contributed by atoms with van der Waals surface area (Å²) in [4.78, 5) is 13.8. The van der Waals surface area contributed by atoms with Crippen molar-refractivity contribution >= 4 is 11.8 Å². The molecule has 5 heteroatoms. The molecular weight excluding hydrogens is 268 g/mol. The van der Waals surface area contributed by atoms with Gasteiger partial charge in [0.15, 0.2) is 0 Å². The molecule has 2 N–H and O–H groups in total. The monoisotopic (exact) mass is 292 g/mol. The molecule has 1 aromatic carbocycles. The largest absolute Gasteiger partial charge is 0.508 e. The summed E-state index contributed by atoms with van der Waals surface area (Å²) in [7, 11) is 0. The molecule has 1 aromatic rings. The Morgan fingerprint density at radius 3 is 2.86 bits per heavy atom. The number of phenolic OH excluding ortho intramolecular Hbond substituents is 1. The van der Waals surface area contributed by atoms with Crippen LogP contribution in [0.3, 0.4) is 0 Å². The van der Waals surface area contributed by atoms with Crippen LogP contribution in [0.1, 0.15) is 33.6 Å². The average Bonchev–Trinajstić information content (AvgIpc) is 2.37. The molecular formula is C16H24N2O3. The van der Waals surface area contributed by atoms with Gasteiger partial charge in [0.25, 0.3) is 0 Å². The Kier molecular flexibility index (Phi) is 4.60. The Morgan fingerprint density at radius 1 is 1.43 bits per heavy atom. The average molecular weight is 292 g/mol. The molecule has 0 aliphatic carbocycles. The van der Waals surface area contributed by atoms with Gasteiger partial charge in [-0.05, 0) is 45.7 Å². The lowest BCUT2D eigenvalue weighted by atomic mass is 10.1. The molecule has 1 fully saturated rings. The number of phenols is 1. The van der Waals surface area contributed by atoms with Crippen molar-refractivity contribution in [2.24, 2.45) is 0 Å². The topological polar surface area (TPSA) is 61.8 Å². The van der Waals surface area contributed by atoms with Crippen molar-refractivity contribution in [1.82, 2.24) is 4.90 Å². The quantitative estimate of drug-likeness (QED) is 0.878. The first-order valence-corrected chi connectivity index (χ1v) is 7.37. The van der Waals surface area contributed by atoms with Crippen molar-refractivity contribution in [3.8, 4) is 5.75 Å². The van der Waals surface area contributed by atoms with E-state index in [0.29, 0.717) is 6.54 Å². The molecule has 5 nitrogen and oxygen atoms in total. The van der Waals surface area contributed by atoms with Crippen molar-refractivity contribution in [1.29, 1.82) is 0 Å². The minimum atomic E-state index is -0.470. The van der Waals surface area contributed by atoms with Gasteiger partial charge in [-0.2, -0.15) is 0 Å². The van der Waals surface area contributed by atoms with Gasteiger partial charge in [-0.1, -0.05) is 6.07 Å². The number of carbonyl (C=O) groups excluding carboxylic acids is 1. The lowest BCUT2D eigenvalue weighted by molar-refractivity contribution is 0.0206. The Bertz CT molecular complexity index is 497. The van der Waals surface area contributed by atoms with Gasteiger partial charge in [0.05, 0.1) is 0 Å². The van der Waals surface area contributed by atoms with E-state index in [2.05, 4.69) is 5.32 Å². The number of rotatable bonds is 2. The second-order valence-electron chi connectivity index (χ2n) is 6.46. The number of nitrogens with one attached hydrogen (secondary N) is 1. The van der Waals surface area contributed by atoms with E-state index >= 15 is 0 Å². The highest BCUT2D eigenvalue weighted by molar-refractivity contribution is 5.68. The van der Waals surface area contributed by atoms with Crippen molar-refractivity contribution < 1.29 is 14.6 Å². The Labute approximate surface area is 125 Å². The third-order valence-electron chi connectivity index (χ3n) is 3.29. The van der Waals surface area contributed by atoms with Crippen LogP contribution in [0.4, 0.5) is 10.5 Å². The molecule has 116 valence electrons. The summed E-state index contributed by atoms with van der Waals surface area (Å²) in [6.07, 6.45) is 1.68. The number of likely N-dealkylation sites (tertiary alicyclic amines) is 1. The van der Waals surface area contributed by atoms with Crippen LogP contribution in [0.2, 0.25) is 0 Å². The fourth-order valence-corrected chi connectivity index (χ4v) is 2.42. The molecule has 1 aliphatic heterocycles. The zero-order valence-corrected chi connectivity index (χ0v) is 12.9. The molecule has 2 rings (SSSR count). The van der Waals surface area contributed by atoms with Crippen LogP contribution in [0, 0.1) is 0 Å². The van der Waals surface area contributed by atoms with Crippen LogP contribution in [0.15, 0.2) is 24.3 Å². The number of hydrogen-bond acceptors (Lipinski definition) is 4. The molecule has 0 bridgehead atoms. The molecule has 0 spiro atoms. The molecule has 1 saturated heterocycles. The second-order valence-corrected chi connectivity index (χ2v) is 6.46. The predicted octanol–water partition coefficient (Wildman–Crippen LogP) is 3.20. The number of piperidine rings is 1. The molecule has 1 aliphatic rings. The number of aromatic hydroxyl groups is 1. The number of amides is 1. The molecule has 1 amide bonds. The minimum Gasteiger partial charge on any atom is -0.508 e. The van der Waals surface area contributed by atoms with Crippen molar-refractivity contribution in [3.63, 3.8) is 0 Å². The van der Waals surface area contributed by atoms with Crippen LogP contribution >= 0.6 is 0 Å². The zero-order chi connectivity index (χ0) is 15.5. The fourth-order valence-electron chi connectivity index (χ4n) is 2.42. The van der Waals surface area contributed by atoms with Crippen LogP contribution in [-0.2, 0) is 4.74 Å². The van der Waals surface area contributed by atoms with Gasteiger partial charge in [-0.15, -0.1) is 0 Å². The number of anilines is 1. The fraction of sp³-hybridized carbons (Fsp3) is 0.562. The van der Waals surface area contributed by atoms with E-state index in [1.165, 1.54) is 0 Å². The maximum atomic E-state index is 12.1. The maximum absolute atomic E-state index is 12.1. The van der Waals surface area contributed by atoms with Gasteiger partial charge >= 0.3 is 6.09 Å². The lowest BCUT2D eigenvalue weighted by Gasteiger charge is -2.34. The Morgan fingerprint density at radius 2 is 2.19 bits per heavy atom. The SMILES string of the molecule is CC(C)(C)OC(=O)N1CCC[C@@H](Nc2cccc(O)c2)C1. The third kappa shape index (κ3) is 4.85. The van der Waals surface area contributed by atoms with E-state index in [1.54, 1.807) is 23.1 Å². The molecule has 1 atom stereocenters. The molecule has 1 heterocycles. The first-order valence-electron chi connectivity index (χ1n) is 7.37. The van der Waals surface area contributed by atoms with Gasteiger partial charge in [-0.25, -0.2) is 4.79 Å². The molecule has 21 heavy (non-hydrogen) atoms. The number of nitrogens with zero attached hydrogens (tertiary/aromatic N) is 1. The summed E-state index contributed by atoms with van der Waals surface area (Å²) in [6.45, 7) is 6.96. The van der Waals surface area contributed by atoms with Gasteiger partial charge in [0, 0.05) is 30.9 Å². The first-order chi connectivity index (χ1) is 9.83. The van der Waals surface area contributed by atoms with E-state index in [9.17, 15) is 9.90 Å². The van der Waals surface area contributed by atoms with Gasteiger partial charge < -0.3 is 20.1 Å². The number of ether oxygens (including phenoxy) is 1. The van der Waals surface area contributed by atoms with Crippen molar-refractivity contribution in [3.05, 3.63) is 24.3 Å². The summed E-state index contributed by atoms with van der Waals surface area (Å²) >= 11 is 0. The number of hydrogen-bond donors (Lipinski definition) is 2. The van der Waals surface area contributed by atoms with Gasteiger partial charge in [-0.3, -0.25) is 0 Å². The van der Waals surface area contributed by atoms with E-state index < -0.39 is 5.60 Å². The molecule has 0 radical (unpaired) electrons. The first kappa shape index (κ1) is 15.5. The van der Waals surface area contributed by atoms with Crippen LogP contribution in [0.25, 0.3) is 0 Å². The molecule has 0 unspecified atom stereocenters. The maximum Gasteiger partial charge on any atom is 0.410 e. The molecule has 0 saturated carbocycles. The third-order valence-corrected chi connectivity index (χ3v) is 3.29. The summed E-state index contributed by atoms with van der Waals surface area (Å²) in [5.41, 5.74) is 0.397. The highest BCUT2D eigenvalue weighted by Gasteiger charge is 2.27. The van der Waals surface area contributed by atoms with Crippen LogP contribution < -0.4 is 5.32 Å². The second kappa shape index (κ2) is 6.24. The van der Waals surface area contributed by atoms with Crippen molar-refractivity contribution in [2.75, 3.05) is 18.4 Å². The number of carbonyl (C=O) groups is 1. The van der Waals surface area contributed by atoms with E-state index in [4.69, 9.17) is 4.74 Å².